The summed E-state index contributed by atoms with van der Waals surface area (Å²) in [5, 5.41) is 0. The molecule has 0 saturated heterocycles. The van der Waals surface area contributed by atoms with Gasteiger partial charge in [0.25, 0.3) is 0 Å². The number of para-hydroxylation sites is 1. The number of amides is 1. The summed E-state index contributed by atoms with van der Waals surface area (Å²) < 4.78 is 51.6. The van der Waals surface area contributed by atoms with Gasteiger partial charge in [-0.05, 0) is 86.8 Å². The molecule has 0 fully saturated rings. The third-order valence-corrected chi connectivity index (χ3v) is 7.76. The Balaban J connectivity index is 1.49. The molecule has 1 amide bonds. The van der Waals surface area contributed by atoms with Crippen molar-refractivity contribution in [1.29, 1.82) is 0 Å². The maximum atomic E-state index is 13.5. The standard InChI is InChI=1S/C32H32FNO5S/c1-32(2,3)39-31(35)34(23-25-9-5-4-6-10-25)22-21-24-13-19-28(20-14-24)40(36,37)30-12-8-7-11-29(30)38-27-17-15-26(33)16-18-27/h4-20H,21-23H2,1-3H3. The van der Waals surface area contributed by atoms with Crippen LogP contribution >= 0.6 is 0 Å². The Labute approximate surface area is 234 Å². The molecule has 0 unspecified atom stereocenters. The Morgan fingerprint density at radius 3 is 2.08 bits per heavy atom. The van der Waals surface area contributed by atoms with E-state index in [0.717, 1.165) is 11.1 Å². The number of carbonyl (C=O) groups excluding carboxylic acids is 1. The van der Waals surface area contributed by atoms with Crippen LogP contribution in [0.2, 0.25) is 0 Å². The molecule has 0 spiro atoms. The Kier molecular flexibility index (Phi) is 8.90. The van der Waals surface area contributed by atoms with Gasteiger partial charge in [-0.3, -0.25) is 0 Å². The summed E-state index contributed by atoms with van der Waals surface area (Å²) in [6.45, 7) is 6.27. The minimum absolute atomic E-state index is 0.00559. The number of hydrogen-bond donors (Lipinski definition) is 0. The van der Waals surface area contributed by atoms with Crippen molar-refractivity contribution in [3.63, 3.8) is 0 Å². The van der Waals surface area contributed by atoms with Crippen molar-refractivity contribution in [3.8, 4) is 11.5 Å². The lowest BCUT2D eigenvalue weighted by Crippen LogP contribution is -2.37. The summed E-state index contributed by atoms with van der Waals surface area (Å²) >= 11 is 0. The normalized spacial score (nSPS) is 11.6. The number of sulfone groups is 1. The molecule has 0 saturated carbocycles. The highest BCUT2D eigenvalue weighted by Crippen LogP contribution is 2.32. The molecular weight excluding hydrogens is 529 g/mol. The number of ether oxygens (including phenoxy) is 2. The maximum absolute atomic E-state index is 13.5. The van der Waals surface area contributed by atoms with Gasteiger partial charge in [0.15, 0.2) is 0 Å². The van der Waals surface area contributed by atoms with E-state index in [1.807, 2.05) is 51.1 Å². The van der Waals surface area contributed by atoms with Crippen LogP contribution in [-0.2, 0) is 27.5 Å². The highest BCUT2D eigenvalue weighted by atomic mass is 32.2. The van der Waals surface area contributed by atoms with Crippen molar-refractivity contribution in [3.05, 3.63) is 120 Å². The van der Waals surface area contributed by atoms with Gasteiger partial charge in [0.2, 0.25) is 9.84 Å². The largest absolute Gasteiger partial charge is 0.456 e. The van der Waals surface area contributed by atoms with E-state index < -0.39 is 27.3 Å². The zero-order valence-corrected chi connectivity index (χ0v) is 23.5. The van der Waals surface area contributed by atoms with Gasteiger partial charge in [0, 0.05) is 13.1 Å². The summed E-state index contributed by atoms with van der Waals surface area (Å²) in [7, 11) is -3.90. The van der Waals surface area contributed by atoms with Gasteiger partial charge >= 0.3 is 6.09 Å². The lowest BCUT2D eigenvalue weighted by atomic mass is 10.1. The van der Waals surface area contributed by atoms with Crippen LogP contribution < -0.4 is 4.74 Å². The van der Waals surface area contributed by atoms with Crippen LogP contribution in [0.4, 0.5) is 9.18 Å². The molecular formula is C32H32FNO5S. The molecule has 0 aliphatic carbocycles. The molecule has 40 heavy (non-hydrogen) atoms. The molecule has 0 aliphatic heterocycles. The van der Waals surface area contributed by atoms with E-state index >= 15 is 0 Å². The fraction of sp³-hybridized carbons (Fsp3) is 0.219. The molecule has 4 aromatic rings. The highest BCUT2D eigenvalue weighted by Gasteiger charge is 2.24. The molecule has 6 nitrogen and oxygen atoms in total. The monoisotopic (exact) mass is 561 g/mol. The van der Waals surface area contributed by atoms with Gasteiger partial charge in [-0.1, -0.05) is 54.6 Å². The van der Waals surface area contributed by atoms with Gasteiger partial charge < -0.3 is 14.4 Å². The van der Waals surface area contributed by atoms with Gasteiger partial charge in [-0.2, -0.15) is 0 Å². The first kappa shape index (κ1) is 28.8. The lowest BCUT2D eigenvalue weighted by molar-refractivity contribution is 0.0236. The van der Waals surface area contributed by atoms with E-state index in [-0.39, 0.29) is 15.5 Å². The van der Waals surface area contributed by atoms with Crippen molar-refractivity contribution in [2.45, 2.75) is 49.1 Å². The Morgan fingerprint density at radius 2 is 1.43 bits per heavy atom. The molecule has 208 valence electrons. The molecule has 0 bridgehead atoms. The van der Waals surface area contributed by atoms with Crippen molar-refractivity contribution in [1.82, 2.24) is 4.90 Å². The van der Waals surface area contributed by atoms with Gasteiger partial charge in [-0.25, -0.2) is 17.6 Å². The van der Waals surface area contributed by atoms with Crippen molar-refractivity contribution in [2.75, 3.05) is 6.54 Å². The maximum Gasteiger partial charge on any atom is 0.410 e. The first-order valence-electron chi connectivity index (χ1n) is 12.9. The van der Waals surface area contributed by atoms with Crippen LogP contribution in [0.25, 0.3) is 0 Å². The SMILES string of the molecule is CC(C)(C)OC(=O)N(CCc1ccc(S(=O)(=O)c2ccccc2Oc2ccc(F)cc2)cc1)Cc1ccccc1. The molecule has 4 aromatic carbocycles. The second kappa shape index (κ2) is 12.3. The number of carbonyl (C=O) groups is 1. The van der Waals surface area contributed by atoms with E-state index in [9.17, 15) is 17.6 Å². The molecule has 0 N–H and O–H groups in total. The van der Waals surface area contributed by atoms with E-state index in [0.29, 0.717) is 25.3 Å². The quantitative estimate of drug-likeness (QED) is 0.212. The van der Waals surface area contributed by atoms with Crippen molar-refractivity contribution >= 4 is 15.9 Å². The lowest BCUT2D eigenvalue weighted by Gasteiger charge is -2.27. The predicted octanol–water partition coefficient (Wildman–Crippen LogP) is 7.43. The summed E-state index contributed by atoms with van der Waals surface area (Å²) in [5.41, 5.74) is 1.23. The second-order valence-corrected chi connectivity index (χ2v) is 12.2. The third-order valence-electron chi connectivity index (χ3n) is 5.95. The van der Waals surface area contributed by atoms with Crippen molar-refractivity contribution < 1.29 is 27.1 Å². The summed E-state index contributed by atoms with van der Waals surface area (Å²) in [4.78, 5) is 14.7. The minimum atomic E-state index is -3.90. The molecule has 0 radical (unpaired) electrons. The summed E-state index contributed by atoms with van der Waals surface area (Å²) in [6, 6.07) is 27.9. The summed E-state index contributed by atoms with van der Waals surface area (Å²) in [6.07, 6.45) is 0.102. The van der Waals surface area contributed by atoms with Gasteiger partial charge in [-0.15, -0.1) is 0 Å². The van der Waals surface area contributed by atoms with Crippen LogP contribution in [0.3, 0.4) is 0 Å². The van der Waals surface area contributed by atoms with E-state index in [2.05, 4.69) is 0 Å². The molecule has 8 heteroatoms. The van der Waals surface area contributed by atoms with Gasteiger partial charge in [0.05, 0.1) is 4.90 Å². The zero-order chi connectivity index (χ0) is 28.8. The fourth-order valence-corrected chi connectivity index (χ4v) is 5.36. The zero-order valence-electron chi connectivity index (χ0n) is 22.7. The highest BCUT2D eigenvalue weighted by molar-refractivity contribution is 7.91. The van der Waals surface area contributed by atoms with Crippen molar-refractivity contribution in [2.24, 2.45) is 0 Å². The predicted molar refractivity (Wildman–Crippen MR) is 152 cm³/mol. The molecule has 4 rings (SSSR count). The number of halogens is 1. The first-order valence-corrected chi connectivity index (χ1v) is 14.4. The van der Waals surface area contributed by atoms with E-state index in [1.54, 1.807) is 47.4 Å². The minimum Gasteiger partial charge on any atom is -0.456 e. The van der Waals surface area contributed by atoms with E-state index in [4.69, 9.17) is 9.47 Å². The number of benzene rings is 4. The first-order chi connectivity index (χ1) is 19.0. The Morgan fingerprint density at radius 1 is 0.800 bits per heavy atom. The fourth-order valence-electron chi connectivity index (χ4n) is 3.98. The van der Waals surface area contributed by atoms with Crippen LogP contribution in [0.1, 0.15) is 31.9 Å². The van der Waals surface area contributed by atoms with Crippen LogP contribution in [0.5, 0.6) is 11.5 Å². The second-order valence-electron chi connectivity index (χ2n) is 10.3. The van der Waals surface area contributed by atoms with Gasteiger partial charge in [0.1, 0.15) is 27.8 Å². The molecule has 0 atom stereocenters. The number of hydrogen-bond acceptors (Lipinski definition) is 5. The molecule has 0 aromatic heterocycles. The average Bonchev–Trinajstić information content (AvgIpc) is 2.92. The van der Waals surface area contributed by atoms with Crippen LogP contribution in [0.15, 0.2) is 113 Å². The smallest absolute Gasteiger partial charge is 0.410 e. The molecule has 0 heterocycles. The molecule has 0 aliphatic rings. The Bertz CT molecular complexity index is 1530. The van der Waals surface area contributed by atoms with Crippen LogP contribution in [0, 0.1) is 5.82 Å². The Hall–Kier alpha value is -4.17. The topological polar surface area (TPSA) is 72.9 Å². The number of rotatable bonds is 9. The summed E-state index contributed by atoms with van der Waals surface area (Å²) in [5.74, 6) is 0.0548. The third kappa shape index (κ3) is 7.70. The average molecular weight is 562 g/mol. The van der Waals surface area contributed by atoms with Crippen LogP contribution in [-0.4, -0.2) is 31.6 Å². The number of nitrogens with zero attached hydrogens (tertiary/aromatic N) is 1. The van der Waals surface area contributed by atoms with E-state index in [1.165, 1.54) is 30.3 Å².